The van der Waals surface area contributed by atoms with Gasteiger partial charge in [0, 0.05) is 22.4 Å². The summed E-state index contributed by atoms with van der Waals surface area (Å²) < 4.78 is 1.08. The summed E-state index contributed by atoms with van der Waals surface area (Å²) in [7, 11) is 0. The first-order chi connectivity index (χ1) is 10.0. The van der Waals surface area contributed by atoms with Crippen molar-refractivity contribution < 1.29 is 4.79 Å². The monoisotopic (exact) mass is 346 g/mol. The number of halogens is 1. The van der Waals surface area contributed by atoms with Crippen LogP contribution in [0, 0.1) is 6.92 Å². The van der Waals surface area contributed by atoms with Crippen molar-refractivity contribution in [1.29, 1.82) is 0 Å². The lowest BCUT2D eigenvalue weighted by molar-refractivity contribution is -0.121. The highest BCUT2D eigenvalue weighted by molar-refractivity contribution is 9.10. The molecular formula is C17H19BrN2O. The number of amides is 1. The third-order valence-electron chi connectivity index (χ3n) is 3.23. The number of aromatic nitrogens is 1. The van der Waals surface area contributed by atoms with Crippen molar-refractivity contribution in [3.63, 3.8) is 0 Å². The quantitative estimate of drug-likeness (QED) is 0.900. The van der Waals surface area contributed by atoms with Crippen LogP contribution in [-0.2, 0) is 17.6 Å². The molecule has 21 heavy (non-hydrogen) atoms. The second kappa shape index (κ2) is 7.36. The maximum atomic E-state index is 12.0. The van der Waals surface area contributed by atoms with Crippen molar-refractivity contribution in [2.45, 2.75) is 32.7 Å². The zero-order valence-electron chi connectivity index (χ0n) is 12.3. The van der Waals surface area contributed by atoms with Crippen LogP contribution >= 0.6 is 15.9 Å². The lowest BCUT2D eigenvalue weighted by atomic mass is 10.1. The molecule has 0 aliphatic carbocycles. The van der Waals surface area contributed by atoms with Crippen molar-refractivity contribution in [2.24, 2.45) is 0 Å². The number of aryl methyl sites for hydroxylation is 1. The molecule has 0 aliphatic rings. The van der Waals surface area contributed by atoms with Gasteiger partial charge < -0.3 is 5.32 Å². The molecule has 0 spiro atoms. The van der Waals surface area contributed by atoms with Crippen molar-refractivity contribution >= 4 is 21.8 Å². The number of carbonyl (C=O) groups is 1. The van der Waals surface area contributed by atoms with Gasteiger partial charge in [0.1, 0.15) is 0 Å². The zero-order chi connectivity index (χ0) is 15.2. The van der Waals surface area contributed by atoms with E-state index in [-0.39, 0.29) is 11.9 Å². The van der Waals surface area contributed by atoms with E-state index in [1.54, 1.807) is 6.20 Å². The molecule has 1 N–H and O–H groups in total. The highest BCUT2D eigenvalue weighted by Crippen LogP contribution is 2.17. The van der Waals surface area contributed by atoms with Crippen LogP contribution in [0.15, 0.2) is 47.1 Å². The number of carbonyl (C=O) groups excluding carboxylic acids is 1. The molecule has 1 atom stereocenters. The van der Waals surface area contributed by atoms with Gasteiger partial charge in [-0.3, -0.25) is 9.78 Å². The Kier molecular flexibility index (Phi) is 5.51. The Morgan fingerprint density at radius 2 is 2.05 bits per heavy atom. The largest absolute Gasteiger partial charge is 0.353 e. The second-order valence-electron chi connectivity index (χ2n) is 5.25. The summed E-state index contributed by atoms with van der Waals surface area (Å²) in [5.41, 5.74) is 3.09. The van der Waals surface area contributed by atoms with Crippen LogP contribution in [0.2, 0.25) is 0 Å². The van der Waals surface area contributed by atoms with Crippen LogP contribution in [-0.4, -0.2) is 16.9 Å². The molecule has 0 radical (unpaired) electrons. The Bertz CT molecular complexity index is 610. The zero-order valence-corrected chi connectivity index (χ0v) is 13.9. The topological polar surface area (TPSA) is 42.0 Å². The summed E-state index contributed by atoms with van der Waals surface area (Å²) in [6, 6.07) is 12.0. The van der Waals surface area contributed by atoms with E-state index >= 15 is 0 Å². The standard InChI is InChI=1S/C17H19BrN2O/c1-12-7-8-14(11-19-12)10-17(21)20-13(2)9-15-5-3-4-6-16(15)18/h3-8,11,13H,9-10H2,1-2H3,(H,20,21). The van der Waals surface area contributed by atoms with Crippen LogP contribution in [0.25, 0.3) is 0 Å². The van der Waals surface area contributed by atoms with E-state index in [1.807, 2.05) is 44.2 Å². The van der Waals surface area contributed by atoms with Crippen molar-refractivity contribution in [2.75, 3.05) is 0 Å². The maximum absolute atomic E-state index is 12.0. The number of hydrogen-bond acceptors (Lipinski definition) is 2. The number of hydrogen-bond donors (Lipinski definition) is 1. The average molecular weight is 347 g/mol. The number of pyridine rings is 1. The molecule has 1 aromatic carbocycles. The first-order valence-corrected chi connectivity index (χ1v) is 7.78. The minimum absolute atomic E-state index is 0.0280. The molecule has 0 aliphatic heterocycles. The van der Waals surface area contributed by atoms with E-state index in [4.69, 9.17) is 0 Å². The Labute approximate surface area is 133 Å². The van der Waals surface area contributed by atoms with Crippen LogP contribution in [0.4, 0.5) is 0 Å². The third kappa shape index (κ3) is 4.97. The number of nitrogens with one attached hydrogen (secondary N) is 1. The Morgan fingerprint density at radius 3 is 2.71 bits per heavy atom. The minimum Gasteiger partial charge on any atom is -0.353 e. The second-order valence-corrected chi connectivity index (χ2v) is 6.10. The molecule has 1 aromatic heterocycles. The van der Waals surface area contributed by atoms with E-state index in [0.717, 1.165) is 22.2 Å². The molecule has 4 heteroatoms. The molecule has 3 nitrogen and oxygen atoms in total. The average Bonchev–Trinajstić information content (AvgIpc) is 2.44. The van der Waals surface area contributed by atoms with Gasteiger partial charge in [-0.1, -0.05) is 40.2 Å². The van der Waals surface area contributed by atoms with Gasteiger partial charge in [-0.25, -0.2) is 0 Å². The van der Waals surface area contributed by atoms with Gasteiger partial charge in [-0.15, -0.1) is 0 Å². The molecule has 0 saturated heterocycles. The van der Waals surface area contributed by atoms with E-state index in [2.05, 4.69) is 32.3 Å². The SMILES string of the molecule is Cc1ccc(CC(=O)NC(C)Cc2ccccc2Br)cn1. The highest BCUT2D eigenvalue weighted by Gasteiger charge is 2.10. The molecule has 0 saturated carbocycles. The molecular weight excluding hydrogens is 328 g/mol. The number of nitrogens with zero attached hydrogens (tertiary/aromatic N) is 1. The molecule has 0 bridgehead atoms. The summed E-state index contributed by atoms with van der Waals surface area (Å²) in [6.07, 6.45) is 2.93. The predicted molar refractivity (Wildman–Crippen MR) is 88.1 cm³/mol. The summed E-state index contributed by atoms with van der Waals surface area (Å²) in [5.74, 6) is 0.0280. The highest BCUT2D eigenvalue weighted by atomic mass is 79.9. The molecule has 110 valence electrons. The van der Waals surface area contributed by atoms with Crippen molar-refractivity contribution in [1.82, 2.24) is 10.3 Å². The fourth-order valence-corrected chi connectivity index (χ4v) is 2.61. The molecule has 2 aromatic rings. The fraction of sp³-hybridized carbons (Fsp3) is 0.294. The van der Waals surface area contributed by atoms with E-state index in [9.17, 15) is 4.79 Å². The first-order valence-electron chi connectivity index (χ1n) is 6.99. The van der Waals surface area contributed by atoms with Gasteiger partial charge in [0.05, 0.1) is 6.42 Å². The van der Waals surface area contributed by atoms with Crippen LogP contribution < -0.4 is 5.32 Å². The normalized spacial score (nSPS) is 12.0. The predicted octanol–water partition coefficient (Wildman–Crippen LogP) is 3.44. The number of benzene rings is 1. The fourth-order valence-electron chi connectivity index (χ4n) is 2.16. The van der Waals surface area contributed by atoms with Gasteiger partial charge in [0.25, 0.3) is 0 Å². The van der Waals surface area contributed by atoms with Crippen molar-refractivity contribution in [3.05, 3.63) is 63.9 Å². The van der Waals surface area contributed by atoms with Crippen LogP contribution in [0.1, 0.15) is 23.7 Å². The number of rotatable bonds is 5. The van der Waals surface area contributed by atoms with Gasteiger partial charge in [0.15, 0.2) is 0 Å². The van der Waals surface area contributed by atoms with Gasteiger partial charge in [0.2, 0.25) is 5.91 Å². The summed E-state index contributed by atoms with van der Waals surface area (Å²) in [5, 5.41) is 3.03. The van der Waals surface area contributed by atoms with Crippen molar-refractivity contribution in [3.8, 4) is 0 Å². The van der Waals surface area contributed by atoms with Gasteiger partial charge >= 0.3 is 0 Å². The summed E-state index contributed by atoms with van der Waals surface area (Å²) >= 11 is 3.53. The maximum Gasteiger partial charge on any atom is 0.224 e. The summed E-state index contributed by atoms with van der Waals surface area (Å²) in [6.45, 7) is 3.95. The molecule has 1 unspecified atom stereocenters. The molecule has 1 amide bonds. The molecule has 1 heterocycles. The van der Waals surface area contributed by atoms with Gasteiger partial charge in [-0.05, 0) is 43.5 Å². The lowest BCUT2D eigenvalue weighted by Gasteiger charge is -2.15. The molecule has 2 rings (SSSR count). The Morgan fingerprint density at radius 1 is 1.29 bits per heavy atom. The lowest BCUT2D eigenvalue weighted by Crippen LogP contribution is -2.35. The Balaban J connectivity index is 1.87. The third-order valence-corrected chi connectivity index (χ3v) is 4.00. The Hall–Kier alpha value is -1.68. The van der Waals surface area contributed by atoms with E-state index in [0.29, 0.717) is 6.42 Å². The first kappa shape index (κ1) is 15.7. The minimum atomic E-state index is 0.0280. The smallest absolute Gasteiger partial charge is 0.224 e. The van der Waals surface area contributed by atoms with E-state index in [1.165, 1.54) is 5.56 Å². The molecule has 0 fully saturated rings. The van der Waals surface area contributed by atoms with Crippen LogP contribution in [0.5, 0.6) is 0 Å². The van der Waals surface area contributed by atoms with Gasteiger partial charge in [-0.2, -0.15) is 0 Å². The van der Waals surface area contributed by atoms with E-state index < -0.39 is 0 Å². The summed E-state index contributed by atoms with van der Waals surface area (Å²) in [4.78, 5) is 16.2. The van der Waals surface area contributed by atoms with Crippen LogP contribution in [0.3, 0.4) is 0 Å².